The van der Waals surface area contributed by atoms with Crippen LogP contribution in [0.2, 0.25) is 0 Å². The highest BCUT2D eigenvalue weighted by Crippen LogP contribution is 2.28. The fourth-order valence-electron chi connectivity index (χ4n) is 4.56. The molecule has 1 fully saturated rings. The molecular formula is C26H27N5O2. The Morgan fingerprint density at radius 3 is 2.21 bits per heavy atom. The Bertz CT molecular complexity index is 1170. The first-order chi connectivity index (χ1) is 16.1. The van der Waals surface area contributed by atoms with Gasteiger partial charge in [-0.15, -0.1) is 0 Å². The number of carbonyl (C=O) groups excluding carboxylic acids is 2. The first kappa shape index (κ1) is 21.1. The zero-order valence-corrected chi connectivity index (χ0v) is 18.8. The van der Waals surface area contributed by atoms with Gasteiger partial charge in [-0.25, -0.2) is 9.97 Å². The molecule has 5 rings (SSSR count). The van der Waals surface area contributed by atoms with E-state index in [1.165, 1.54) is 11.1 Å². The number of amides is 2. The number of piperazine rings is 1. The van der Waals surface area contributed by atoms with Crippen LogP contribution in [-0.2, 0) is 17.8 Å². The van der Waals surface area contributed by atoms with Gasteiger partial charge in [-0.2, -0.15) is 0 Å². The lowest BCUT2D eigenvalue weighted by Gasteiger charge is -2.35. The molecule has 33 heavy (non-hydrogen) atoms. The summed E-state index contributed by atoms with van der Waals surface area (Å²) in [5.74, 6) is 1.26. The van der Waals surface area contributed by atoms with E-state index in [0.717, 1.165) is 18.5 Å². The maximum absolute atomic E-state index is 13.5. The number of aromatic nitrogens is 2. The smallest absolute Gasteiger partial charge is 0.259 e. The zero-order valence-electron chi connectivity index (χ0n) is 18.8. The maximum Gasteiger partial charge on any atom is 0.259 e. The fraction of sp³-hybridized carbons (Fsp3) is 0.308. The Hall–Kier alpha value is -3.74. The Kier molecular flexibility index (Phi) is 5.77. The molecule has 0 unspecified atom stereocenters. The van der Waals surface area contributed by atoms with Gasteiger partial charge in [0.15, 0.2) is 5.82 Å². The minimum absolute atomic E-state index is 0.0466. The normalized spacial score (nSPS) is 15.8. The largest absolute Gasteiger partial charge is 0.351 e. The third-order valence-electron chi connectivity index (χ3n) is 6.47. The van der Waals surface area contributed by atoms with Crippen molar-refractivity contribution in [3.05, 3.63) is 77.5 Å². The number of hydrogen-bond donors (Lipinski definition) is 0. The van der Waals surface area contributed by atoms with E-state index in [-0.39, 0.29) is 11.8 Å². The van der Waals surface area contributed by atoms with Crippen LogP contribution in [0.1, 0.15) is 28.4 Å². The first-order valence-electron chi connectivity index (χ1n) is 11.4. The second-order valence-corrected chi connectivity index (χ2v) is 8.54. The van der Waals surface area contributed by atoms with Crippen LogP contribution in [0.5, 0.6) is 0 Å². The van der Waals surface area contributed by atoms with Crippen molar-refractivity contribution in [3.63, 3.8) is 0 Å². The van der Waals surface area contributed by atoms with E-state index in [2.05, 4.69) is 34.1 Å². The van der Waals surface area contributed by atoms with Crippen molar-refractivity contribution in [2.24, 2.45) is 0 Å². The molecule has 0 bridgehead atoms. The second-order valence-electron chi connectivity index (χ2n) is 8.54. The van der Waals surface area contributed by atoms with Crippen molar-refractivity contribution in [1.82, 2.24) is 19.8 Å². The van der Waals surface area contributed by atoms with Crippen molar-refractivity contribution in [2.75, 3.05) is 37.6 Å². The fourth-order valence-corrected chi connectivity index (χ4v) is 4.56. The Morgan fingerprint density at radius 1 is 0.818 bits per heavy atom. The van der Waals surface area contributed by atoms with E-state index < -0.39 is 0 Å². The molecule has 7 heteroatoms. The number of benzene rings is 2. The summed E-state index contributed by atoms with van der Waals surface area (Å²) in [6, 6.07) is 18.3. The molecule has 0 spiro atoms. The van der Waals surface area contributed by atoms with Gasteiger partial charge in [-0.3, -0.25) is 9.59 Å². The summed E-state index contributed by atoms with van der Waals surface area (Å²) in [6.45, 7) is 5.20. The number of carbonyl (C=O) groups is 2. The summed E-state index contributed by atoms with van der Waals surface area (Å²) in [5.41, 5.74) is 4.05. The molecular weight excluding hydrogens is 414 g/mol. The number of anilines is 1. The highest BCUT2D eigenvalue weighted by atomic mass is 16.2. The van der Waals surface area contributed by atoms with Gasteiger partial charge in [-0.1, -0.05) is 54.6 Å². The Labute approximate surface area is 193 Å². The summed E-state index contributed by atoms with van der Waals surface area (Å²) < 4.78 is 0. The average molecular weight is 442 g/mol. The Balaban J connectivity index is 1.48. The highest BCUT2D eigenvalue weighted by Gasteiger charge is 2.29. The third-order valence-corrected chi connectivity index (χ3v) is 6.47. The molecule has 2 amide bonds. The minimum atomic E-state index is -0.0772. The summed E-state index contributed by atoms with van der Waals surface area (Å²) in [5, 5.41) is 0. The molecule has 0 radical (unpaired) electrons. The van der Waals surface area contributed by atoms with Gasteiger partial charge in [0, 0.05) is 58.0 Å². The van der Waals surface area contributed by atoms with Crippen LogP contribution in [0.15, 0.2) is 60.8 Å². The van der Waals surface area contributed by atoms with Crippen molar-refractivity contribution < 1.29 is 9.59 Å². The topological polar surface area (TPSA) is 69.6 Å². The van der Waals surface area contributed by atoms with Gasteiger partial charge < -0.3 is 14.7 Å². The summed E-state index contributed by atoms with van der Waals surface area (Å²) in [4.78, 5) is 40.5. The van der Waals surface area contributed by atoms with E-state index in [1.54, 1.807) is 18.0 Å². The van der Waals surface area contributed by atoms with Gasteiger partial charge in [0.1, 0.15) is 11.4 Å². The lowest BCUT2D eigenvalue weighted by atomic mass is 9.99. The quantitative estimate of drug-likeness (QED) is 0.625. The summed E-state index contributed by atoms with van der Waals surface area (Å²) in [6.07, 6.45) is 2.58. The molecule has 7 nitrogen and oxygen atoms in total. The van der Waals surface area contributed by atoms with E-state index in [9.17, 15) is 9.59 Å². The SMILES string of the molecule is CC(=O)N1CCN(C(=O)c2cnc(-c3ccccc3)nc2N2CCc3ccccc3C2)CC1. The molecule has 0 N–H and O–H groups in total. The predicted octanol–water partition coefficient (Wildman–Crippen LogP) is 3.01. The molecule has 3 aromatic rings. The number of fused-ring (bicyclic) bond motifs is 1. The first-order valence-corrected chi connectivity index (χ1v) is 11.4. The van der Waals surface area contributed by atoms with E-state index in [1.807, 2.05) is 35.2 Å². The van der Waals surface area contributed by atoms with Gasteiger partial charge in [0.2, 0.25) is 5.91 Å². The number of nitrogens with zero attached hydrogens (tertiary/aromatic N) is 5. The van der Waals surface area contributed by atoms with Gasteiger partial charge in [0.05, 0.1) is 0 Å². The van der Waals surface area contributed by atoms with Crippen molar-refractivity contribution in [1.29, 1.82) is 0 Å². The second kappa shape index (κ2) is 9.02. The van der Waals surface area contributed by atoms with E-state index in [4.69, 9.17) is 4.98 Å². The number of hydrogen-bond acceptors (Lipinski definition) is 5. The molecule has 2 aliphatic rings. The van der Waals surface area contributed by atoms with Crippen LogP contribution in [-0.4, -0.2) is 64.3 Å². The van der Waals surface area contributed by atoms with Crippen molar-refractivity contribution in [3.8, 4) is 11.4 Å². The van der Waals surface area contributed by atoms with Crippen LogP contribution in [0.3, 0.4) is 0 Å². The molecule has 3 heterocycles. The van der Waals surface area contributed by atoms with Gasteiger partial charge in [-0.05, 0) is 17.5 Å². The van der Waals surface area contributed by atoms with Crippen LogP contribution in [0.4, 0.5) is 5.82 Å². The monoisotopic (exact) mass is 441 g/mol. The predicted molar refractivity (Wildman–Crippen MR) is 127 cm³/mol. The van der Waals surface area contributed by atoms with E-state index >= 15 is 0 Å². The van der Waals surface area contributed by atoms with Gasteiger partial charge in [0.25, 0.3) is 5.91 Å². The van der Waals surface area contributed by atoms with Crippen LogP contribution >= 0.6 is 0 Å². The molecule has 0 atom stereocenters. The van der Waals surface area contributed by atoms with Crippen LogP contribution < -0.4 is 4.90 Å². The average Bonchev–Trinajstić information content (AvgIpc) is 2.88. The standard InChI is InChI=1S/C26H27N5O2/c1-19(32)29-13-15-30(16-14-29)26(33)23-17-27-24(21-8-3-2-4-9-21)28-25(23)31-12-11-20-7-5-6-10-22(20)18-31/h2-10,17H,11-16,18H2,1H3. The molecule has 0 saturated carbocycles. The summed E-state index contributed by atoms with van der Waals surface area (Å²) >= 11 is 0. The van der Waals surface area contributed by atoms with Crippen molar-refractivity contribution in [2.45, 2.75) is 19.9 Å². The third kappa shape index (κ3) is 4.31. The molecule has 2 aromatic carbocycles. The van der Waals surface area contributed by atoms with Crippen LogP contribution in [0.25, 0.3) is 11.4 Å². The molecule has 2 aliphatic heterocycles. The van der Waals surface area contributed by atoms with E-state index in [0.29, 0.717) is 49.9 Å². The Morgan fingerprint density at radius 2 is 1.48 bits per heavy atom. The van der Waals surface area contributed by atoms with Gasteiger partial charge >= 0.3 is 0 Å². The minimum Gasteiger partial charge on any atom is -0.351 e. The molecule has 1 saturated heterocycles. The highest BCUT2D eigenvalue weighted by molar-refractivity contribution is 5.99. The lowest BCUT2D eigenvalue weighted by molar-refractivity contribution is -0.130. The molecule has 1 aromatic heterocycles. The maximum atomic E-state index is 13.5. The number of rotatable bonds is 3. The zero-order chi connectivity index (χ0) is 22.8. The molecule has 168 valence electrons. The van der Waals surface area contributed by atoms with Crippen molar-refractivity contribution >= 4 is 17.6 Å². The molecule has 0 aliphatic carbocycles. The summed E-state index contributed by atoms with van der Waals surface area (Å²) in [7, 11) is 0. The lowest BCUT2D eigenvalue weighted by Crippen LogP contribution is -2.50. The van der Waals surface area contributed by atoms with Crippen LogP contribution in [0, 0.1) is 0 Å².